The molecule has 0 radical (unpaired) electrons. The predicted molar refractivity (Wildman–Crippen MR) is 94.6 cm³/mol. The molecule has 0 fully saturated rings. The van der Waals surface area contributed by atoms with Gasteiger partial charge in [-0.25, -0.2) is 0 Å². The van der Waals surface area contributed by atoms with Crippen LogP contribution < -0.4 is 10.6 Å². The van der Waals surface area contributed by atoms with E-state index in [2.05, 4.69) is 10.6 Å². The van der Waals surface area contributed by atoms with Crippen molar-refractivity contribution < 1.29 is 9.72 Å². The van der Waals surface area contributed by atoms with E-state index < -0.39 is 10.8 Å². The molecule has 0 unspecified atom stereocenters. The third-order valence-corrected chi connectivity index (χ3v) is 3.82. The molecule has 2 N–H and O–H groups in total. The number of carbonyl (C=O) groups excluding carboxylic acids is 1. The summed E-state index contributed by atoms with van der Waals surface area (Å²) in [6.45, 7) is 1.87. The average Bonchev–Trinajstić information content (AvgIpc) is 2.52. The number of nitrogens with zero attached hydrogens (tertiary/aromatic N) is 1. The quantitative estimate of drug-likeness (QED) is 0.592. The van der Waals surface area contributed by atoms with Gasteiger partial charge in [-0.1, -0.05) is 35.3 Å². The Balaban J connectivity index is 1.99. The van der Waals surface area contributed by atoms with Gasteiger partial charge in [0.05, 0.1) is 11.5 Å². The molecule has 8 heteroatoms. The highest BCUT2D eigenvalue weighted by atomic mass is 35.5. The van der Waals surface area contributed by atoms with E-state index in [0.29, 0.717) is 10.0 Å². The number of halogens is 2. The maximum atomic E-state index is 12.0. The number of hydrogen-bond acceptors (Lipinski definition) is 4. The Morgan fingerprint density at radius 3 is 2.58 bits per heavy atom. The highest BCUT2D eigenvalue weighted by Crippen LogP contribution is 2.27. The Labute approximate surface area is 148 Å². The third-order valence-electron chi connectivity index (χ3n) is 3.35. The van der Waals surface area contributed by atoms with Crippen molar-refractivity contribution in [3.8, 4) is 0 Å². The van der Waals surface area contributed by atoms with E-state index >= 15 is 0 Å². The standard InChI is InChI=1S/C16H15Cl2N3O3/c1-10(11-3-2-4-12(17)7-11)19-9-16(22)20-14-8-13(18)5-6-15(14)21(23)24/h2-8,10,19H,9H2,1H3,(H,20,22)/t10-/m1/s1. The van der Waals surface area contributed by atoms with Crippen LogP contribution in [0.4, 0.5) is 11.4 Å². The lowest BCUT2D eigenvalue weighted by molar-refractivity contribution is -0.383. The van der Waals surface area contributed by atoms with Crippen LogP contribution in [0.3, 0.4) is 0 Å². The molecule has 2 aromatic rings. The van der Waals surface area contributed by atoms with Crippen molar-refractivity contribution in [3.05, 3.63) is 68.2 Å². The summed E-state index contributed by atoms with van der Waals surface area (Å²) in [6, 6.07) is 11.2. The Hall–Kier alpha value is -2.15. The summed E-state index contributed by atoms with van der Waals surface area (Å²) in [4.78, 5) is 22.4. The van der Waals surface area contributed by atoms with Gasteiger partial charge in [-0.2, -0.15) is 0 Å². The molecular formula is C16H15Cl2N3O3. The van der Waals surface area contributed by atoms with Crippen LogP contribution in [-0.4, -0.2) is 17.4 Å². The van der Waals surface area contributed by atoms with Gasteiger partial charge in [0.15, 0.2) is 0 Å². The predicted octanol–water partition coefficient (Wildman–Crippen LogP) is 4.19. The van der Waals surface area contributed by atoms with Gasteiger partial charge in [0, 0.05) is 22.2 Å². The van der Waals surface area contributed by atoms with Gasteiger partial charge < -0.3 is 10.6 Å². The van der Waals surface area contributed by atoms with Gasteiger partial charge in [0.2, 0.25) is 5.91 Å². The number of benzene rings is 2. The van der Waals surface area contributed by atoms with Crippen molar-refractivity contribution in [2.75, 3.05) is 11.9 Å². The van der Waals surface area contributed by atoms with E-state index in [1.807, 2.05) is 19.1 Å². The minimum Gasteiger partial charge on any atom is -0.319 e. The monoisotopic (exact) mass is 367 g/mol. The summed E-state index contributed by atoms with van der Waals surface area (Å²) in [7, 11) is 0. The van der Waals surface area contributed by atoms with Crippen molar-refractivity contribution >= 4 is 40.5 Å². The minimum absolute atomic E-state index is 0.0165. The van der Waals surface area contributed by atoms with Gasteiger partial charge in [-0.3, -0.25) is 14.9 Å². The number of rotatable bonds is 6. The van der Waals surface area contributed by atoms with Crippen LogP contribution in [0.2, 0.25) is 10.0 Å². The highest BCUT2D eigenvalue weighted by molar-refractivity contribution is 6.31. The number of hydrogen-bond donors (Lipinski definition) is 2. The summed E-state index contributed by atoms with van der Waals surface area (Å²) in [5, 5.41) is 17.4. The van der Waals surface area contributed by atoms with Crippen LogP contribution in [0, 0.1) is 10.1 Å². The van der Waals surface area contributed by atoms with E-state index in [1.165, 1.54) is 18.2 Å². The van der Waals surface area contributed by atoms with Gasteiger partial charge in [-0.15, -0.1) is 0 Å². The second-order valence-electron chi connectivity index (χ2n) is 5.12. The Bertz CT molecular complexity index is 768. The lowest BCUT2D eigenvalue weighted by Gasteiger charge is -2.14. The molecule has 0 saturated carbocycles. The lowest BCUT2D eigenvalue weighted by Crippen LogP contribution is -2.30. The SMILES string of the molecule is C[C@@H](NCC(=O)Nc1cc(Cl)ccc1[N+](=O)[O-])c1cccc(Cl)c1. The third kappa shape index (κ3) is 4.92. The van der Waals surface area contributed by atoms with E-state index in [-0.39, 0.29) is 24.0 Å². The van der Waals surface area contributed by atoms with Crippen LogP contribution in [-0.2, 0) is 4.79 Å². The molecule has 0 aliphatic heterocycles. The van der Waals surface area contributed by atoms with Crippen molar-refractivity contribution in [3.63, 3.8) is 0 Å². The summed E-state index contributed by atoms with van der Waals surface area (Å²) < 4.78 is 0. The minimum atomic E-state index is -0.575. The molecule has 126 valence electrons. The van der Waals surface area contributed by atoms with Crippen molar-refractivity contribution in [1.82, 2.24) is 5.32 Å². The molecule has 0 bridgehead atoms. The molecule has 0 aliphatic rings. The molecule has 6 nitrogen and oxygen atoms in total. The fourth-order valence-corrected chi connectivity index (χ4v) is 2.47. The first-order valence-electron chi connectivity index (χ1n) is 7.09. The van der Waals surface area contributed by atoms with E-state index in [4.69, 9.17) is 23.2 Å². The van der Waals surface area contributed by atoms with Crippen LogP contribution in [0.25, 0.3) is 0 Å². The van der Waals surface area contributed by atoms with Gasteiger partial charge >= 0.3 is 0 Å². The maximum absolute atomic E-state index is 12.0. The van der Waals surface area contributed by atoms with Crippen LogP contribution in [0.5, 0.6) is 0 Å². The summed E-state index contributed by atoms with van der Waals surface area (Å²) >= 11 is 11.8. The molecule has 0 heterocycles. The zero-order valence-electron chi connectivity index (χ0n) is 12.8. The van der Waals surface area contributed by atoms with Gasteiger partial charge in [-0.05, 0) is 36.8 Å². The number of carbonyl (C=O) groups is 1. The molecule has 2 rings (SSSR count). The number of nitrogens with one attached hydrogen (secondary N) is 2. The Morgan fingerprint density at radius 2 is 1.92 bits per heavy atom. The zero-order chi connectivity index (χ0) is 17.7. The van der Waals surface area contributed by atoms with Crippen LogP contribution >= 0.6 is 23.2 Å². The van der Waals surface area contributed by atoms with Gasteiger partial charge in [0.25, 0.3) is 5.69 Å². The van der Waals surface area contributed by atoms with Gasteiger partial charge in [0.1, 0.15) is 5.69 Å². The van der Waals surface area contributed by atoms with E-state index in [1.54, 1.807) is 12.1 Å². The zero-order valence-corrected chi connectivity index (χ0v) is 14.3. The number of nitro groups is 1. The van der Waals surface area contributed by atoms with Crippen LogP contribution in [0.1, 0.15) is 18.5 Å². The Morgan fingerprint density at radius 1 is 1.21 bits per heavy atom. The van der Waals surface area contributed by atoms with E-state index in [9.17, 15) is 14.9 Å². The largest absolute Gasteiger partial charge is 0.319 e. The smallest absolute Gasteiger partial charge is 0.292 e. The lowest BCUT2D eigenvalue weighted by atomic mass is 10.1. The first kappa shape index (κ1) is 18.2. The van der Waals surface area contributed by atoms with Crippen molar-refractivity contribution in [2.24, 2.45) is 0 Å². The molecule has 0 aliphatic carbocycles. The van der Waals surface area contributed by atoms with Crippen LogP contribution in [0.15, 0.2) is 42.5 Å². The van der Waals surface area contributed by atoms with Crippen molar-refractivity contribution in [2.45, 2.75) is 13.0 Å². The number of nitro benzene ring substituents is 1. The summed E-state index contributed by atoms with van der Waals surface area (Å²) in [6.07, 6.45) is 0. The second-order valence-corrected chi connectivity index (χ2v) is 6.00. The molecule has 1 atom stereocenters. The number of anilines is 1. The fraction of sp³-hybridized carbons (Fsp3) is 0.188. The first-order chi connectivity index (χ1) is 11.4. The molecule has 2 aromatic carbocycles. The Kier molecular flexibility index (Phi) is 6.14. The second kappa shape index (κ2) is 8.10. The molecular weight excluding hydrogens is 353 g/mol. The topological polar surface area (TPSA) is 84.3 Å². The molecule has 0 spiro atoms. The molecule has 24 heavy (non-hydrogen) atoms. The molecule has 1 amide bonds. The van der Waals surface area contributed by atoms with Crippen molar-refractivity contribution in [1.29, 1.82) is 0 Å². The number of amides is 1. The van der Waals surface area contributed by atoms with E-state index in [0.717, 1.165) is 5.56 Å². The first-order valence-corrected chi connectivity index (χ1v) is 7.85. The average molecular weight is 368 g/mol. The molecule has 0 aromatic heterocycles. The fourth-order valence-electron chi connectivity index (χ4n) is 2.10. The summed E-state index contributed by atoms with van der Waals surface area (Å²) in [5.41, 5.74) is 0.786. The highest BCUT2D eigenvalue weighted by Gasteiger charge is 2.16. The maximum Gasteiger partial charge on any atom is 0.292 e. The molecule has 0 saturated heterocycles. The summed E-state index contributed by atoms with van der Waals surface area (Å²) in [5.74, 6) is -0.408. The normalized spacial score (nSPS) is 11.8.